The van der Waals surface area contributed by atoms with Gasteiger partial charge in [0.1, 0.15) is 0 Å². The number of hydrogen-bond acceptors (Lipinski definition) is 4. The smallest absolute Gasteiger partial charge is 0.336 e. The molecule has 1 fully saturated rings. The van der Waals surface area contributed by atoms with Gasteiger partial charge in [-0.1, -0.05) is 43.7 Å². The van der Waals surface area contributed by atoms with Gasteiger partial charge >= 0.3 is 5.97 Å². The van der Waals surface area contributed by atoms with Crippen LogP contribution < -0.4 is 0 Å². The fourth-order valence-electron chi connectivity index (χ4n) is 4.58. The highest BCUT2D eigenvalue weighted by atomic mass is 35.5. The van der Waals surface area contributed by atoms with Crippen LogP contribution in [0.5, 0.6) is 0 Å². The van der Waals surface area contributed by atoms with Crippen LogP contribution in [0.1, 0.15) is 50.2 Å². The minimum absolute atomic E-state index is 0.137. The predicted octanol–water partition coefficient (Wildman–Crippen LogP) is 4.89. The second-order valence-corrected chi connectivity index (χ2v) is 10.3. The molecule has 4 rings (SSSR count). The third-order valence-corrected chi connectivity index (χ3v) is 7.53. The molecule has 2 aliphatic heterocycles. The van der Waals surface area contributed by atoms with Crippen molar-refractivity contribution in [2.75, 3.05) is 19.3 Å². The summed E-state index contributed by atoms with van der Waals surface area (Å²) in [5.74, 6) is -1.01. The maximum Gasteiger partial charge on any atom is 0.336 e. The molecule has 1 aliphatic carbocycles. The number of aliphatic carboxylic acids is 1. The molecule has 0 saturated carbocycles. The largest absolute Gasteiger partial charge is 0.478 e. The normalized spacial score (nSPS) is 21.5. The molecule has 8 heteroatoms. The monoisotopic (exact) mass is 476 g/mol. The van der Waals surface area contributed by atoms with Gasteiger partial charge in [0.05, 0.1) is 17.5 Å². The summed E-state index contributed by atoms with van der Waals surface area (Å²) in [6.07, 6.45) is 10.4. The Labute approximate surface area is 195 Å². The Morgan fingerprint density at radius 3 is 2.53 bits per heavy atom. The Morgan fingerprint density at radius 2 is 1.91 bits per heavy atom. The maximum atomic E-state index is 12.1. The lowest BCUT2D eigenvalue weighted by Gasteiger charge is -2.36. The minimum atomic E-state index is -3.23. The molecule has 1 atom stereocenters. The lowest BCUT2D eigenvalue weighted by molar-refractivity contribution is -0.132. The van der Waals surface area contributed by atoms with Crippen molar-refractivity contribution in [2.45, 2.75) is 39.0 Å². The van der Waals surface area contributed by atoms with Gasteiger partial charge in [0.2, 0.25) is 10.0 Å². The first-order chi connectivity index (χ1) is 15.3. The van der Waals surface area contributed by atoms with Crippen molar-refractivity contribution in [1.82, 2.24) is 4.31 Å². The number of carboxylic acid groups (broad SMARTS) is 1. The molecule has 2 heterocycles. The fraction of sp³-hybridized carbons (Fsp3) is 0.417. The lowest BCUT2D eigenvalue weighted by Crippen LogP contribution is -2.40. The summed E-state index contributed by atoms with van der Waals surface area (Å²) < 4.78 is 25.4. The summed E-state index contributed by atoms with van der Waals surface area (Å²) in [7, 11) is -3.23. The number of aliphatic imine (C=N–C) groups is 1. The van der Waals surface area contributed by atoms with Crippen LogP contribution in [0.25, 0.3) is 6.08 Å². The Bertz CT molecular complexity index is 1110. The van der Waals surface area contributed by atoms with E-state index in [9.17, 15) is 18.3 Å². The first-order valence-electron chi connectivity index (χ1n) is 10.9. The zero-order valence-corrected chi connectivity index (χ0v) is 20.2. The summed E-state index contributed by atoms with van der Waals surface area (Å²) in [5.41, 5.74) is 3.33. The lowest BCUT2D eigenvalue weighted by atomic mass is 9.75. The molecule has 1 N–H and O–H groups in total. The fourth-order valence-corrected chi connectivity index (χ4v) is 5.63. The number of fused-ring (bicyclic) bond motifs is 2. The van der Waals surface area contributed by atoms with E-state index in [0.29, 0.717) is 42.9 Å². The van der Waals surface area contributed by atoms with Crippen LogP contribution in [0.15, 0.2) is 52.7 Å². The molecule has 1 saturated heterocycles. The van der Waals surface area contributed by atoms with Gasteiger partial charge in [-0.05, 0) is 54.5 Å². The predicted molar refractivity (Wildman–Crippen MR) is 130 cm³/mol. The second-order valence-electron chi connectivity index (χ2n) is 7.87. The van der Waals surface area contributed by atoms with Crippen molar-refractivity contribution in [1.29, 1.82) is 0 Å². The van der Waals surface area contributed by atoms with Gasteiger partial charge < -0.3 is 5.11 Å². The first-order valence-corrected chi connectivity index (χ1v) is 13.1. The molecule has 6 nitrogen and oxygen atoms in total. The first kappa shape index (κ1) is 24.4. The Balaban J connectivity index is 0.00000141. The molecule has 0 aromatic heterocycles. The van der Waals surface area contributed by atoms with E-state index in [4.69, 9.17) is 11.6 Å². The van der Waals surface area contributed by atoms with Crippen LogP contribution in [-0.4, -0.2) is 48.9 Å². The van der Waals surface area contributed by atoms with E-state index in [2.05, 4.69) is 4.99 Å². The van der Waals surface area contributed by atoms with E-state index in [1.807, 2.05) is 38.1 Å². The van der Waals surface area contributed by atoms with Crippen molar-refractivity contribution in [2.24, 2.45) is 10.9 Å². The van der Waals surface area contributed by atoms with Crippen molar-refractivity contribution in [3.63, 3.8) is 0 Å². The van der Waals surface area contributed by atoms with Crippen LogP contribution >= 0.6 is 11.6 Å². The van der Waals surface area contributed by atoms with Gasteiger partial charge in [-0.3, -0.25) is 4.99 Å². The number of hydrogen-bond donors (Lipinski definition) is 1. The van der Waals surface area contributed by atoms with Gasteiger partial charge in [0, 0.05) is 35.8 Å². The van der Waals surface area contributed by atoms with E-state index in [0.717, 1.165) is 16.8 Å². The molecule has 0 bridgehead atoms. The molecule has 1 aromatic rings. The van der Waals surface area contributed by atoms with Crippen LogP contribution in [0.4, 0.5) is 0 Å². The third kappa shape index (κ3) is 5.05. The van der Waals surface area contributed by atoms with Crippen molar-refractivity contribution >= 4 is 39.4 Å². The summed E-state index contributed by atoms with van der Waals surface area (Å²) in [6.45, 7) is 4.90. The molecule has 0 amide bonds. The highest BCUT2D eigenvalue weighted by Crippen LogP contribution is 2.43. The molecular formula is C24H29ClN2O4S. The Morgan fingerprint density at radius 1 is 1.22 bits per heavy atom. The highest BCUT2D eigenvalue weighted by molar-refractivity contribution is 7.88. The number of allylic oxidation sites excluding steroid dienone is 2. The number of benzene rings is 1. The Hall–Kier alpha value is -2.22. The van der Waals surface area contributed by atoms with Crippen LogP contribution in [0.2, 0.25) is 5.02 Å². The highest BCUT2D eigenvalue weighted by Gasteiger charge is 2.38. The number of carbonyl (C=O) groups is 1. The van der Waals surface area contributed by atoms with Crippen molar-refractivity contribution in [3.8, 4) is 0 Å². The van der Waals surface area contributed by atoms with E-state index in [1.54, 1.807) is 18.3 Å². The zero-order chi connectivity index (χ0) is 23.5. The topological polar surface area (TPSA) is 87.0 Å². The summed E-state index contributed by atoms with van der Waals surface area (Å²) in [5, 5.41) is 10.5. The van der Waals surface area contributed by atoms with Gasteiger partial charge in [0.25, 0.3) is 0 Å². The zero-order valence-electron chi connectivity index (χ0n) is 18.6. The molecule has 172 valence electrons. The van der Waals surface area contributed by atoms with Gasteiger partial charge in [-0.15, -0.1) is 0 Å². The summed E-state index contributed by atoms with van der Waals surface area (Å²) in [6, 6.07) is 5.55. The number of nitrogens with zero attached hydrogens (tertiary/aromatic N) is 2. The summed E-state index contributed by atoms with van der Waals surface area (Å²) in [4.78, 5) is 16.8. The van der Waals surface area contributed by atoms with Crippen LogP contribution in [-0.2, 0) is 14.8 Å². The van der Waals surface area contributed by atoms with Gasteiger partial charge in [-0.2, -0.15) is 0 Å². The second kappa shape index (κ2) is 10.1. The minimum Gasteiger partial charge on any atom is -0.478 e. The number of sulfonamides is 1. The Kier molecular flexibility index (Phi) is 7.75. The number of halogens is 1. The van der Waals surface area contributed by atoms with Crippen molar-refractivity contribution in [3.05, 3.63) is 63.8 Å². The third-order valence-electron chi connectivity index (χ3n) is 5.99. The molecule has 32 heavy (non-hydrogen) atoms. The van der Waals surface area contributed by atoms with Crippen molar-refractivity contribution < 1.29 is 18.3 Å². The van der Waals surface area contributed by atoms with E-state index in [-0.39, 0.29) is 17.4 Å². The quantitative estimate of drug-likeness (QED) is 0.672. The van der Waals surface area contributed by atoms with E-state index < -0.39 is 16.0 Å². The average Bonchev–Trinajstić information content (AvgIpc) is 3.06. The molecule has 0 spiro atoms. The molecule has 1 unspecified atom stereocenters. The molecule has 3 aliphatic rings. The molecule has 1 aromatic carbocycles. The number of carboxylic acids is 1. The van der Waals surface area contributed by atoms with E-state index >= 15 is 0 Å². The average molecular weight is 477 g/mol. The standard InChI is InChI=1S/C22H23ClN2O4S.C2H6/c1-30(28,29)25-10-7-14(8-11-25)20-17-6-5-16(23)12-15(17)13-19(22(26)27)18-4-2-3-9-24-21(18)20;1-2/h3-6,9,12-14,20H,2,7-8,10-11H2,1H3,(H,26,27);1-2H3. The molecule has 0 radical (unpaired) electrons. The summed E-state index contributed by atoms with van der Waals surface area (Å²) >= 11 is 6.23. The SMILES string of the molecule is CC.CS(=O)(=O)N1CCC(C2C3=NC=CCC=C3C(C(=O)O)=Cc3cc(Cl)ccc32)CC1. The van der Waals surface area contributed by atoms with Gasteiger partial charge in [0.15, 0.2) is 0 Å². The van der Waals surface area contributed by atoms with E-state index in [1.165, 1.54) is 10.6 Å². The van der Waals surface area contributed by atoms with Crippen LogP contribution in [0, 0.1) is 5.92 Å². The number of rotatable bonds is 3. The molecular weight excluding hydrogens is 448 g/mol. The van der Waals surface area contributed by atoms with Crippen LogP contribution in [0.3, 0.4) is 0 Å². The maximum absolute atomic E-state index is 12.1. The number of piperidine rings is 1. The van der Waals surface area contributed by atoms with Gasteiger partial charge in [-0.25, -0.2) is 17.5 Å².